The van der Waals surface area contributed by atoms with E-state index in [9.17, 15) is 14.4 Å². The zero-order valence-electron chi connectivity index (χ0n) is 15.9. The molecule has 0 spiro atoms. The highest BCUT2D eigenvalue weighted by molar-refractivity contribution is 6.03. The lowest BCUT2D eigenvalue weighted by atomic mass is 10.2. The summed E-state index contributed by atoms with van der Waals surface area (Å²) in [4.78, 5) is 43.5. The van der Waals surface area contributed by atoms with E-state index < -0.39 is 11.5 Å². The Morgan fingerprint density at radius 2 is 1.96 bits per heavy atom. The van der Waals surface area contributed by atoms with Crippen molar-refractivity contribution in [3.05, 3.63) is 28.0 Å². The molecule has 146 valence electrons. The molecule has 0 saturated carbocycles. The van der Waals surface area contributed by atoms with Crippen LogP contribution in [0.2, 0.25) is 0 Å². The number of morpholine rings is 1. The van der Waals surface area contributed by atoms with Crippen molar-refractivity contribution < 1.29 is 23.5 Å². The van der Waals surface area contributed by atoms with Gasteiger partial charge in [0, 0.05) is 13.1 Å². The van der Waals surface area contributed by atoms with Gasteiger partial charge in [-0.25, -0.2) is 9.78 Å². The second-order valence-electron chi connectivity index (χ2n) is 6.67. The quantitative estimate of drug-likeness (QED) is 0.735. The molecule has 0 radical (unpaired) electrons. The van der Waals surface area contributed by atoms with Crippen LogP contribution in [0.1, 0.15) is 36.9 Å². The Hall–Kier alpha value is -2.68. The van der Waals surface area contributed by atoms with Gasteiger partial charge in [-0.3, -0.25) is 14.2 Å². The van der Waals surface area contributed by atoms with Gasteiger partial charge in [-0.1, -0.05) is 0 Å². The first-order valence-corrected chi connectivity index (χ1v) is 8.90. The van der Waals surface area contributed by atoms with E-state index >= 15 is 0 Å². The second kappa shape index (κ2) is 7.51. The standard InChI is InChI=1S/C18H23N3O6/c1-5-25-18(24)14-12(4)27-16-15(14)17(23)21(9-19-16)8-13(22)20-6-10(2)26-11(3)7-20/h9-11H,5-8H2,1-4H3/t10-,11-/m0/s1. The number of carbonyl (C=O) groups excluding carboxylic acids is 2. The average Bonchev–Trinajstić information content (AvgIpc) is 2.93. The molecule has 3 rings (SSSR count). The molecule has 0 bridgehead atoms. The molecule has 0 aromatic carbocycles. The maximum absolute atomic E-state index is 12.9. The number of nitrogens with zero attached hydrogens (tertiary/aromatic N) is 3. The average molecular weight is 377 g/mol. The van der Waals surface area contributed by atoms with Gasteiger partial charge in [0.15, 0.2) is 0 Å². The topological polar surface area (TPSA) is 104 Å². The summed E-state index contributed by atoms with van der Waals surface area (Å²) in [7, 11) is 0. The van der Waals surface area contributed by atoms with Crippen LogP contribution in [0.15, 0.2) is 15.5 Å². The van der Waals surface area contributed by atoms with E-state index in [0.717, 1.165) is 0 Å². The van der Waals surface area contributed by atoms with E-state index in [-0.39, 0.29) is 53.7 Å². The molecule has 9 heteroatoms. The van der Waals surface area contributed by atoms with Gasteiger partial charge in [0.1, 0.15) is 29.6 Å². The molecule has 3 heterocycles. The molecule has 1 aliphatic heterocycles. The van der Waals surface area contributed by atoms with E-state index in [1.54, 1.807) is 18.7 Å². The third kappa shape index (κ3) is 3.73. The zero-order chi connectivity index (χ0) is 19.7. The molecule has 2 aromatic rings. The van der Waals surface area contributed by atoms with Crippen LogP contribution in [0.4, 0.5) is 0 Å². The second-order valence-corrected chi connectivity index (χ2v) is 6.67. The number of esters is 1. The van der Waals surface area contributed by atoms with Crippen molar-refractivity contribution in [2.24, 2.45) is 0 Å². The molecule has 9 nitrogen and oxygen atoms in total. The molecule has 0 unspecified atom stereocenters. The Morgan fingerprint density at radius 3 is 2.59 bits per heavy atom. The molecule has 1 amide bonds. The summed E-state index contributed by atoms with van der Waals surface area (Å²) < 4.78 is 17.2. The van der Waals surface area contributed by atoms with Crippen molar-refractivity contribution in [2.45, 2.75) is 46.4 Å². The molecule has 0 aliphatic carbocycles. The van der Waals surface area contributed by atoms with Gasteiger partial charge in [-0.2, -0.15) is 0 Å². The van der Waals surface area contributed by atoms with Crippen LogP contribution in [0.5, 0.6) is 0 Å². The molecule has 2 atom stereocenters. The first kappa shape index (κ1) is 19.1. The minimum atomic E-state index is -0.646. The van der Waals surface area contributed by atoms with E-state index in [1.165, 1.54) is 10.9 Å². The van der Waals surface area contributed by atoms with Crippen molar-refractivity contribution in [3.8, 4) is 0 Å². The lowest BCUT2D eigenvalue weighted by Gasteiger charge is -2.35. The fourth-order valence-corrected chi connectivity index (χ4v) is 3.33. The van der Waals surface area contributed by atoms with Gasteiger partial charge < -0.3 is 18.8 Å². The molecule has 1 saturated heterocycles. The highest BCUT2D eigenvalue weighted by Gasteiger charge is 2.28. The first-order chi connectivity index (χ1) is 12.8. The minimum Gasteiger partial charge on any atom is -0.462 e. The summed E-state index contributed by atoms with van der Waals surface area (Å²) in [6.45, 7) is 7.97. The Kier molecular flexibility index (Phi) is 5.31. The van der Waals surface area contributed by atoms with Crippen molar-refractivity contribution >= 4 is 23.0 Å². The van der Waals surface area contributed by atoms with Crippen molar-refractivity contribution in [1.82, 2.24) is 14.5 Å². The fraction of sp³-hybridized carbons (Fsp3) is 0.556. The minimum absolute atomic E-state index is 0.0324. The predicted octanol–water partition coefficient (Wildman–Crippen LogP) is 1.11. The van der Waals surface area contributed by atoms with Gasteiger partial charge in [-0.05, 0) is 27.7 Å². The molecule has 1 aliphatic rings. The van der Waals surface area contributed by atoms with Crippen LogP contribution in [0, 0.1) is 6.92 Å². The molecule has 1 fully saturated rings. The van der Waals surface area contributed by atoms with Crippen LogP contribution < -0.4 is 5.56 Å². The summed E-state index contributed by atoms with van der Waals surface area (Å²) in [5, 5.41) is 0.0324. The van der Waals surface area contributed by atoms with Gasteiger partial charge in [0.25, 0.3) is 5.56 Å². The SMILES string of the molecule is CCOC(=O)c1c(C)oc2ncn(CC(=O)N3C[C@H](C)O[C@@H](C)C3)c(=O)c12. The monoisotopic (exact) mass is 377 g/mol. The number of hydrogen-bond donors (Lipinski definition) is 0. The molecule has 27 heavy (non-hydrogen) atoms. The number of aryl methyl sites for hydroxylation is 1. The number of furan rings is 1. The maximum atomic E-state index is 12.9. The normalized spacial score (nSPS) is 20.1. The number of amides is 1. The van der Waals surface area contributed by atoms with Crippen molar-refractivity contribution in [1.29, 1.82) is 0 Å². The Morgan fingerprint density at radius 1 is 1.30 bits per heavy atom. The number of fused-ring (bicyclic) bond motifs is 1. The Balaban J connectivity index is 1.93. The summed E-state index contributed by atoms with van der Waals surface area (Å²) >= 11 is 0. The van der Waals surface area contributed by atoms with Crippen LogP contribution >= 0.6 is 0 Å². The lowest BCUT2D eigenvalue weighted by molar-refractivity contribution is -0.143. The first-order valence-electron chi connectivity index (χ1n) is 8.90. The van der Waals surface area contributed by atoms with E-state index in [1.807, 2.05) is 13.8 Å². The highest BCUT2D eigenvalue weighted by Crippen LogP contribution is 2.21. The number of rotatable bonds is 4. The predicted molar refractivity (Wildman–Crippen MR) is 95.6 cm³/mol. The van der Waals surface area contributed by atoms with E-state index in [4.69, 9.17) is 13.9 Å². The van der Waals surface area contributed by atoms with Crippen LogP contribution in [-0.4, -0.2) is 58.2 Å². The smallest absolute Gasteiger partial charge is 0.342 e. The van der Waals surface area contributed by atoms with Crippen molar-refractivity contribution in [2.75, 3.05) is 19.7 Å². The van der Waals surface area contributed by atoms with E-state index in [2.05, 4.69) is 4.98 Å². The summed E-state index contributed by atoms with van der Waals surface area (Å²) in [5.74, 6) is -0.598. The molecule has 2 aromatic heterocycles. The highest BCUT2D eigenvalue weighted by atomic mass is 16.5. The Bertz CT molecular complexity index is 921. The third-order valence-electron chi connectivity index (χ3n) is 4.41. The molecule has 0 N–H and O–H groups in total. The number of ether oxygens (including phenoxy) is 2. The lowest BCUT2D eigenvalue weighted by Crippen LogP contribution is -2.49. The largest absolute Gasteiger partial charge is 0.462 e. The van der Waals surface area contributed by atoms with Crippen molar-refractivity contribution in [3.63, 3.8) is 0 Å². The fourth-order valence-electron chi connectivity index (χ4n) is 3.33. The Labute approximate surface area is 155 Å². The summed E-state index contributed by atoms with van der Waals surface area (Å²) in [5.41, 5.74) is -0.403. The van der Waals surface area contributed by atoms with E-state index in [0.29, 0.717) is 13.1 Å². The third-order valence-corrected chi connectivity index (χ3v) is 4.41. The summed E-state index contributed by atoms with van der Waals surface area (Å²) in [6.07, 6.45) is 1.12. The van der Waals surface area contributed by atoms with Gasteiger partial charge in [-0.15, -0.1) is 0 Å². The number of aromatic nitrogens is 2. The summed E-state index contributed by atoms with van der Waals surface area (Å²) in [6, 6.07) is 0. The number of hydrogen-bond acceptors (Lipinski definition) is 7. The number of carbonyl (C=O) groups is 2. The zero-order valence-corrected chi connectivity index (χ0v) is 15.9. The molecular weight excluding hydrogens is 354 g/mol. The van der Waals surface area contributed by atoms with Gasteiger partial charge in [0.2, 0.25) is 11.6 Å². The van der Waals surface area contributed by atoms with Crippen LogP contribution in [0.25, 0.3) is 11.1 Å². The van der Waals surface area contributed by atoms with Gasteiger partial charge >= 0.3 is 5.97 Å². The van der Waals surface area contributed by atoms with Gasteiger partial charge in [0.05, 0.1) is 18.8 Å². The van der Waals surface area contributed by atoms with Crippen LogP contribution in [0.3, 0.4) is 0 Å². The molecular formula is C18H23N3O6. The maximum Gasteiger partial charge on any atom is 0.342 e. The van der Waals surface area contributed by atoms with Crippen LogP contribution in [-0.2, 0) is 20.8 Å².